The molecule has 13 heteroatoms. The van der Waals surface area contributed by atoms with Crippen LogP contribution < -0.4 is 4.89 Å². The number of nitrogens with zero attached hydrogens (tertiary/aromatic N) is 1. The van der Waals surface area contributed by atoms with Crippen LogP contribution in [0.3, 0.4) is 0 Å². The number of aliphatic hydroxyl groups is 3. The Hall–Kier alpha value is -2.41. The lowest BCUT2D eigenvalue weighted by atomic mass is 10.0. The van der Waals surface area contributed by atoms with Crippen molar-refractivity contribution in [2.24, 2.45) is 0 Å². The fourth-order valence-electron chi connectivity index (χ4n) is 5.76. The third-order valence-electron chi connectivity index (χ3n) is 9.39. The molecule has 12 nitrogen and oxygen atoms in total. The van der Waals surface area contributed by atoms with Gasteiger partial charge in [0.25, 0.3) is 7.82 Å². The molecule has 0 saturated heterocycles. The van der Waals surface area contributed by atoms with Gasteiger partial charge in [0.05, 0.1) is 46.1 Å². The third-order valence-corrected chi connectivity index (χ3v) is 10.4. The zero-order valence-electron chi connectivity index (χ0n) is 37.3. The topological polar surface area (TPSA) is 172 Å². The van der Waals surface area contributed by atoms with E-state index < -0.39 is 57.4 Å². The van der Waals surface area contributed by atoms with Gasteiger partial charge in [0.1, 0.15) is 19.8 Å². The number of hydrogen-bond donors (Lipinski definition) is 3. The fourth-order valence-corrected chi connectivity index (χ4v) is 6.49. The van der Waals surface area contributed by atoms with Gasteiger partial charge in [0.2, 0.25) is 0 Å². The van der Waals surface area contributed by atoms with Crippen LogP contribution >= 0.6 is 7.82 Å². The van der Waals surface area contributed by atoms with Gasteiger partial charge < -0.3 is 43.2 Å². The summed E-state index contributed by atoms with van der Waals surface area (Å²) in [4.78, 5) is 37.6. The molecule has 3 N–H and O–H groups in total. The molecule has 0 aliphatic rings. The van der Waals surface area contributed by atoms with E-state index in [1.807, 2.05) is 40.2 Å². The number of quaternary nitrogens is 1. The van der Waals surface area contributed by atoms with Crippen molar-refractivity contribution in [3.63, 3.8) is 0 Å². The summed E-state index contributed by atoms with van der Waals surface area (Å²) in [5, 5.41) is 30.4. The molecule has 0 saturated carbocycles. The van der Waals surface area contributed by atoms with E-state index >= 15 is 0 Å². The Labute approximate surface area is 357 Å². The molecule has 0 aromatic heterocycles. The fraction of sp³-hybridized carbons (Fsp3) is 0.739. The number of hydrogen-bond acceptors (Lipinski definition) is 11. The summed E-state index contributed by atoms with van der Waals surface area (Å²) in [5.41, 5.74) is 0. The van der Waals surface area contributed by atoms with Gasteiger partial charge in [-0.05, 0) is 32.1 Å². The first-order chi connectivity index (χ1) is 28.2. The quantitative estimate of drug-likeness (QED) is 0.0135. The van der Waals surface area contributed by atoms with Crippen molar-refractivity contribution < 1.29 is 57.4 Å². The van der Waals surface area contributed by atoms with Gasteiger partial charge in [-0.3, -0.25) is 14.2 Å². The van der Waals surface area contributed by atoms with Gasteiger partial charge in [-0.2, -0.15) is 0 Å². The number of rotatable bonds is 39. The lowest BCUT2D eigenvalue weighted by Crippen LogP contribution is -2.37. The predicted molar refractivity (Wildman–Crippen MR) is 235 cm³/mol. The number of carbonyl (C=O) groups is 2. The molecule has 0 rings (SSSR count). The number of unbranched alkanes of at least 4 members (excludes halogenated alkanes) is 14. The Kier molecular flexibility index (Phi) is 35.8. The molecular weight excluding hydrogens is 773 g/mol. The van der Waals surface area contributed by atoms with E-state index in [0.717, 1.165) is 25.7 Å². The van der Waals surface area contributed by atoms with Crippen LogP contribution in [0.5, 0.6) is 0 Å². The van der Waals surface area contributed by atoms with Crippen LogP contribution in [0.2, 0.25) is 0 Å². The molecule has 59 heavy (non-hydrogen) atoms. The first-order valence-corrected chi connectivity index (χ1v) is 23.8. The maximum Gasteiger partial charge on any atom is 0.306 e. The molecule has 0 radical (unpaired) electrons. The number of likely N-dealkylation sites (N-methyl/N-ethyl adjacent to an activating group) is 1. The molecule has 0 bridgehead atoms. The van der Waals surface area contributed by atoms with Gasteiger partial charge in [-0.15, -0.1) is 0 Å². The third kappa shape index (κ3) is 39.5. The summed E-state index contributed by atoms with van der Waals surface area (Å²) in [7, 11) is 0.970. The number of carbonyl (C=O) groups excluding carboxylic acids is 2. The van der Waals surface area contributed by atoms with E-state index in [9.17, 15) is 34.4 Å². The Balaban J connectivity index is 4.67. The summed E-state index contributed by atoms with van der Waals surface area (Å²) < 4.78 is 33.6. The number of aliphatic hydroxyl groups excluding tert-OH is 3. The van der Waals surface area contributed by atoms with E-state index in [2.05, 4.69) is 6.92 Å². The van der Waals surface area contributed by atoms with Gasteiger partial charge in [0.15, 0.2) is 6.10 Å². The van der Waals surface area contributed by atoms with Crippen LogP contribution in [0.1, 0.15) is 149 Å². The number of esters is 2. The first-order valence-electron chi connectivity index (χ1n) is 22.3. The minimum Gasteiger partial charge on any atom is -0.756 e. The standard InChI is InChI=1S/C46H82NO11P/c1-6-8-10-11-12-13-14-15-16-17-18-19-20-25-29-35-46(52)58-42(40-57-59(53,54)56-38-37-47(3,4)5)39-55-45(51)36-30-34-44(50)43(49)33-28-24-22-21-23-27-32-41(48)31-26-9-7-2/h9,21-24,26-28,32-33,41-44,48-50H,6-8,10-20,25,29-31,34-40H2,1-5H3/b23-21+,24-22-,26-9-,32-27+,33-28-/t41-,42-,43+,44+/m1/s1. The highest BCUT2D eigenvalue weighted by atomic mass is 31.2. The Morgan fingerprint density at radius 1 is 0.661 bits per heavy atom. The maximum absolute atomic E-state index is 12.7. The van der Waals surface area contributed by atoms with Crippen LogP contribution in [0.25, 0.3) is 0 Å². The van der Waals surface area contributed by atoms with Crippen LogP contribution in [0.4, 0.5) is 0 Å². The lowest BCUT2D eigenvalue weighted by molar-refractivity contribution is -0.870. The largest absolute Gasteiger partial charge is 0.756 e. The highest BCUT2D eigenvalue weighted by Crippen LogP contribution is 2.38. The predicted octanol–water partition coefficient (Wildman–Crippen LogP) is 8.74. The second-order valence-corrected chi connectivity index (χ2v) is 17.7. The summed E-state index contributed by atoms with van der Waals surface area (Å²) in [6.45, 7) is 3.63. The number of phosphoric ester groups is 1. The SMILES string of the molecule is CC/C=C\C[C@@H](O)/C=C/C=C/C=C\C=C/[C@H](O)[C@@H](O)CCCC(=O)OC[C@H](COP(=O)([O-])OCC[N+](C)(C)C)OC(=O)CCCCCCCCCCCCCCCCC. The molecule has 342 valence electrons. The van der Waals surface area contributed by atoms with Crippen molar-refractivity contribution in [3.8, 4) is 0 Å². The van der Waals surface area contributed by atoms with E-state index in [-0.39, 0.29) is 32.3 Å². The molecule has 0 aliphatic carbocycles. The molecule has 0 amide bonds. The molecular formula is C46H82NO11P. The zero-order valence-corrected chi connectivity index (χ0v) is 38.2. The van der Waals surface area contributed by atoms with Gasteiger partial charge in [0, 0.05) is 12.8 Å². The highest BCUT2D eigenvalue weighted by molar-refractivity contribution is 7.45. The highest BCUT2D eigenvalue weighted by Gasteiger charge is 2.22. The minimum absolute atomic E-state index is 0.0792. The summed E-state index contributed by atoms with van der Waals surface area (Å²) >= 11 is 0. The molecule has 0 heterocycles. The van der Waals surface area contributed by atoms with E-state index in [1.54, 1.807) is 42.5 Å². The van der Waals surface area contributed by atoms with Gasteiger partial charge in [-0.1, -0.05) is 164 Å². The normalized spacial score (nSPS) is 15.7. The van der Waals surface area contributed by atoms with Crippen molar-refractivity contribution in [2.75, 3.05) is 47.5 Å². The van der Waals surface area contributed by atoms with Gasteiger partial charge in [-0.25, -0.2) is 0 Å². The number of phosphoric acid groups is 1. The number of allylic oxidation sites excluding steroid dienone is 7. The minimum atomic E-state index is -4.71. The zero-order chi connectivity index (χ0) is 44.0. The number of ether oxygens (including phenoxy) is 2. The second kappa shape index (κ2) is 37.4. The summed E-state index contributed by atoms with van der Waals surface area (Å²) in [6.07, 6.45) is 33.4. The average molecular weight is 856 g/mol. The molecule has 5 atom stereocenters. The van der Waals surface area contributed by atoms with Crippen molar-refractivity contribution in [1.29, 1.82) is 0 Å². The Morgan fingerprint density at radius 3 is 1.75 bits per heavy atom. The molecule has 1 unspecified atom stereocenters. The average Bonchev–Trinajstić information content (AvgIpc) is 3.17. The van der Waals surface area contributed by atoms with Crippen molar-refractivity contribution in [3.05, 3.63) is 60.8 Å². The summed E-state index contributed by atoms with van der Waals surface area (Å²) in [6, 6.07) is 0. The lowest BCUT2D eigenvalue weighted by Gasteiger charge is -2.28. The molecule has 0 aliphatic heterocycles. The van der Waals surface area contributed by atoms with Crippen LogP contribution in [0.15, 0.2) is 60.8 Å². The smallest absolute Gasteiger partial charge is 0.306 e. The van der Waals surface area contributed by atoms with Gasteiger partial charge >= 0.3 is 11.9 Å². The molecule has 0 spiro atoms. The first kappa shape index (κ1) is 56.6. The monoisotopic (exact) mass is 856 g/mol. The molecule has 0 fully saturated rings. The Bertz CT molecular complexity index is 1240. The van der Waals surface area contributed by atoms with Crippen molar-refractivity contribution in [1.82, 2.24) is 0 Å². The molecule has 0 aromatic carbocycles. The van der Waals surface area contributed by atoms with Crippen molar-refractivity contribution >= 4 is 19.8 Å². The van der Waals surface area contributed by atoms with E-state index in [0.29, 0.717) is 23.9 Å². The Morgan fingerprint density at radius 2 is 1.19 bits per heavy atom. The van der Waals surface area contributed by atoms with Crippen LogP contribution in [0, 0.1) is 0 Å². The molecule has 0 aromatic rings. The summed E-state index contributed by atoms with van der Waals surface area (Å²) in [5.74, 6) is -1.17. The van der Waals surface area contributed by atoms with E-state index in [1.165, 1.54) is 76.7 Å². The maximum atomic E-state index is 12.7. The van der Waals surface area contributed by atoms with E-state index in [4.69, 9.17) is 18.5 Å². The van der Waals surface area contributed by atoms with Crippen LogP contribution in [-0.2, 0) is 32.7 Å². The van der Waals surface area contributed by atoms with Crippen molar-refractivity contribution in [2.45, 2.75) is 173 Å². The van der Waals surface area contributed by atoms with Crippen LogP contribution in [-0.4, -0.2) is 104 Å². The second-order valence-electron chi connectivity index (χ2n) is 16.3.